The van der Waals surface area contributed by atoms with Crippen LogP contribution in [0.4, 0.5) is 5.69 Å². The van der Waals surface area contributed by atoms with E-state index in [2.05, 4.69) is 5.32 Å². The third-order valence-corrected chi connectivity index (χ3v) is 8.64. The molecule has 39 heavy (non-hydrogen) atoms. The fraction of sp³-hybridized carbons (Fsp3) is 0.355. The summed E-state index contributed by atoms with van der Waals surface area (Å²) in [7, 11) is -4.07. The van der Waals surface area contributed by atoms with Gasteiger partial charge < -0.3 is 10.2 Å². The summed E-state index contributed by atoms with van der Waals surface area (Å²) >= 11 is 0. The van der Waals surface area contributed by atoms with Crippen LogP contribution in [0.2, 0.25) is 0 Å². The van der Waals surface area contributed by atoms with E-state index < -0.39 is 28.5 Å². The Morgan fingerprint density at radius 3 is 1.79 bits per heavy atom. The highest BCUT2D eigenvalue weighted by atomic mass is 32.2. The average Bonchev–Trinajstić information content (AvgIpc) is 2.91. The van der Waals surface area contributed by atoms with Crippen molar-refractivity contribution in [3.63, 3.8) is 0 Å². The summed E-state index contributed by atoms with van der Waals surface area (Å²) in [4.78, 5) is 28.6. The van der Waals surface area contributed by atoms with E-state index in [0.717, 1.165) is 33.0 Å². The van der Waals surface area contributed by atoms with Gasteiger partial charge in [-0.25, -0.2) is 8.42 Å². The summed E-state index contributed by atoms with van der Waals surface area (Å²) in [6, 6.07) is 20.4. The van der Waals surface area contributed by atoms with Crippen molar-refractivity contribution in [1.82, 2.24) is 10.2 Å². The van der Waals surface area contributed by atoms with Crippen molar-refractivity contribution in [2.45, 2.75) is 71.5 Å². The van der Waals surface area contributed by atoms with Crippen LogP contribution in [0.25, 0.3) is 0 Å². The van der Waals surface area contributed by atoms with Gasteiger partial charge in [-0.2, -0.15) is 0 Å². The zero-order chi connectivity index (χ0) is 28.7. The third-order valence-electron chi connectivity index (χ3n) is 6.85. The van der Waals surface area contributed by atoms with Gasteiger partial charge in [0.05, 0.1) is 10.6 Å². The van der Waals surface area contributed by atoms with Crippen LogP contribution in [0, 0.1) is 20.8 Å². The van der Waals surface area contributed by atoms with Gasteiger partial charge in [0.2, 0.25) is 11.8 Å². The third kappa shape index (κ3) is 7.69. The summed E-state index contributed by atoms with van der Waals surface area (Å²) in [6.45, 7) is 11.0. The maximum absolute atomic E-state index is 13.9. The second-order valence-electron chi connectivity index (χ2n) is 10.2. The minimum Gasteiger partial charge on any atom is -0.352 e. The Morgan fingerprint density at radius 2 is 1.28 bits per heavy atom. The predicted octanol–water partition coefficient (Wildman–Crippen LogP) is 5.14. The minimum absolute atomic E-state index is 0.0535. The number of carbonyl (C=O) groups is 2. The summed E-state index contributed by atoms with van der Waals surface area (Å²) in [5, 5.41) is 2.95. The summed E-state index contributed by atoms with van der Waals surface area (Å²) in [6.07, 6.45) is 0.750. The second kappa shape index (κ2) is 12.9. The van der Waals surface area contributed by atoms with Gasteiger partial charge in [0.1, 0.15) is 12.6 Å². The number of hydrogen-bond donors (Lipinski definition) is 1. The molecule has 3 rings (SSSR count). The zero-order valence-electron chi connectivity index (χ0n) is 23.6. The van der Waals surface area contributed by atoms with Gasteiger partial charge in [0, 0.05) is 12.6 Å². The minimum atomic E-state index is -4.07. The van der Waals surface area contributed by atoms with Gasteiger partial charge in [-0.3, -0.25) is 13.9 Å². The van der Waals surface area contributed by atoms with E-state index >= 15 is 0 Å². The molecule has 0 aliphatic rings. The van der Waals surface area contributed by atoms with E-state index in [4.69, 9.17) is 0 Å². The zero-order valence-corrected chi connectivity index (χ0v) is 24.5. The molecule has 0 radical (unpaired) electrons. The van der Waals surface area contributed by atoms with Gasteiger partial charge in [0.15, 0.2) is 0 Å². The number of rotatable bonds is 11. The SMILES string of the molecule is CC[C@H](C)NC(=O)[C@@H](C)N(Cc1ccc(C)cc1)C(=O)CN(c1ccc(C)cc1)S(=O)(=O)c1ccc(C)cc1. The Labute approximate surface area is 232 Å². The van der Waals surface area contributed by atoms with Crippen molar-refractivity contribution in [2.24, 2.45) is 0 Å². The molecular weight excluding hydrogens is 510 g/mol. The fourth-order valence-electron chi connectivity index (χ4n) is 4.02. The van der Waals surface area contributed by atoms with E-state index in [1.807, 2.05) is 71.0 Å². The van der Waals surface area contributed by atoms with E-state index in [1.54, 1.807) is 43.3 Å². The fourth-order valence-corrected chi connectivity index (χ4v) is 5.43. The van der Waals surface area contributed by atoms with Crippen LogP contribution in [0.3, 0.4) is 0 Å². The number of anilines is 1. The molecule has 2 amide bonds. The van der Waals surface area contributed by atoms with Gasteiger partial charge >= 0.3 is 0 Å². The first kappa shape index (κ1) is 29.9. The largest absolute Gasteiger partial charge is 0.352 e. The molecule has 0 aromatic heterocycles. The summed E-state index contributed by atoms with van der Waals surface area (Å²) in [5.41, 5.74) is 4.20. The average molecular weight is 550 g/mol. The number of carbonyl (C=O) groups excluding carboxylic acids is 2. The smallest absolute Gasteiger partial charge is 0.264 e. The summed E-state index contributed by atoms with van der Waals surface area (Å²) < 4.78 is 28.8. The normalized spacial score (nSPS) is 12.9. The van der Waals surface area contributed by atoms with Crippen LogP contribution in [0.15, 0.2) is 77.7 Å². The van der Waals surface area contributed by atoms with Crippen molar-refractivity contribution < 1.29 is 18.0 Å². The molecule has 7 nitrogen and oxygen atoms in total. The lowest BCUT2D eigenvalue weighted by molar-refractivity contribution is -0.139. The van der Waals surface area contributed by atoms with Crippen molar-refractivity contribution >= 4 is 27.5 Å². The first-order valence-electron chi connectivity index (χ1n) is 13.2. The maximum Gasteiger partial charge on any atom is 0.264 e. The molecule has 3 aromatic rings. The maximum atomic E-state index is 13.9. The molecule has 3 aromatic carbocycles. The molecule has 0 heterocycles. The quantitative estimate of drug-likeness (QED) is 0.359. The van der Waals surface area contributed by atoms with Gasteiger partial charge in [-0.05, 0) is 70.9 Å². The number of aryl methyl sites for hydroxylation is 3. The molecule has 0 bridgehead atoms. The Bertz CT molecular complexity index is 1370. The number of nitrogens with zero attached hydrogens (tertiary/aromatic N) is 2. The lowest BCUT2D eigenvalue weighted by atomic mass is 10.1. The van der Waals surface area contributed by atoms with E-state index in [1.165, 1.54) is 4.90 Å². The predicted molar refractivity (Wildman–Crippen MR) is 156 cm³/mol. The molecule has 2 atom stereocenters. The molecule has 0 saturated heterocycles. The highest BCUT2D eigenvalue weighted by molar-refractivity contribution is 7.92. The second-order valence-corrected chi connectivity index (χ2v) is 12.0. The molecule has 0 unspecified atom stereocenters. The highest BCUT2D eigenvalue weighted by Gasteiger charge is 2.32. The number of benzene rings is 3. The first-order chi connectivity index (χ1) is 18.4. The van der Waals surface area contributed by atoms with Gasteiger partial charge in [0.25, 0.3) is 10.0 Å². The molecule has 0 aliphatic heterocycles. The molecule has 0 spiro atoms. The Kier molecular flexibility index (Phi) is 9.92. The number of nitrogens with one attached hydrogen (secondary N) is 1. The van der Waals surface area contributed by atoms with Gasteiger partial charge in [-0.1, -0.05) is 72.1 Å². The summed E-state index contributed by atoms with van der Waals surface area (Å²) in [5.74, 6) is -0.758. The standard InChI is InChI=1S/C31H39N3O4S/c1-7-25(5)32-31(36)26(6)33(20-27-14-8-22(2)9-15-27)30(35)21-34(28-16-10-23(3)11-17-28)39(37,38)29-18-12-24(4)13-19-29/h8-19,25-26H,7,20-21H2,1-6H3,(H,32,36)/t25-,26+/m0/s1. The van der Waals surface area contributed by atoms with Crippen LogP contribution in [-0.2, 0) is 26.2 Å². The van der Waals surface area contributed by atoms with Crippen LogP contribution in [-0.4, -0.2) is 43.8 Å². The molecule has 8 heteroatoms. The lowest BCUT2D eigenvalue weighted by Crippen LogP contribution is -2.52. The Morgan fingerprint density at radius 1 is 0.795 bits per heavy atom. The van der Waals surface area contributed by atoms with Gasteiger partial charge in [-0.15, -0.1) is 0 Å². The number of sulfonamides is 1. The van der Waals surface area contributed by atoms with Crippen molar-refractivity contribution in [1.29, 1.82) is 0 Å². The molecule has 0 fully saturated rings. The molecule has 1 N–H and O–H groups in total. The molecule has 0 saturated carbocycles. The first-order valence-corrected chi connectivity index (χ1v) is 14.7. The Hall–Kier alpha value is -3.65. The van der Waals surface area contributed by atoms with Crippen molar-refractivity contribution in [3.05, 3.63) is 95.1 Å². The van der Waals surface area contributed by atoms with Crippen molar-refractivity contribution in [3.8, 4) is 0 Å². The number of amides is 2. The molecule has 0 aliphatic carbocycles. The number of hydrogen-bond acceptors (Lipinski definition) is 4. The van der Waals surface area contributed by atoms with Crippen LogP contribution in [0.1, 0.15) is 49.4 Å². The monoisotopic (exact) mass is 549 g/mol. The molecular formula is C31H39N3O4S. The van der Waals surface area contributed by atoms with Crippen LogP contribution < -0.4 is 9.62 Å². The molecule has 208 valence electrons. The van der Waals surface area contributed by atoms with Crippen molar-refractivity contribution in [2.75, 3.05) is 10.8 Å². The van der Waals surface area contributed by atoms with E-state index in [-0.39, 0.29) is 23.4 Å². The Balaban J connectivity index is 2.01. The van der Waals surface area contributed by atoms with Crippen LogP contribution >= 0.6 is 0 Å². The van der Waals surface area contributed by atoms with Crippen LogP contribution in [0.5, 0.6) is 0 Å². The van der Waals surface area contributed by atoms with E-state index in [0.29, 0.717) is 5.69 Å². The lowest BCUT2D eigenvalue weighted by Gasteiger charge is -2.32. The topological polar surface area (TPSA) is 86.8 Å². The highest BCUT2D eigenvalue weighted by Crippen LogP contribution is 2.25. The van der Waals surface area contributed by atoms with E-state index in [9.17, 15) is 18.0 Å².